The quantitative estimate of drug-likeness (QED) is 0.820. The van der Waals surface area contributed by atoms with Crippen molar-refractivity contribution in [1.29, 1.82) is 0 Å². The second kappa shape index (κ2) is 5.39. The van der Waals surface area contributed by atoms with Gasteiger partial charge < -0.3 is 14.2 Å². The lowest BCUT2D eigenvalue weighted by atomic mass is 9.94. The maximum Gasteiger partial charge on any atom is 0.161 e. The first-order valence-corrected chi connectivity index (χ1v) is 6.79. The van der Waals surface area contributed by atoms with Gasteiger partial charge in [0.1, 0.15) is 6.10 Å². The fourth-order valence-corrected chi connectivity index (χ4v) is 2.76. The molecule has 98 valence electrons. The topological polar surface area (TPSA) is 27.7 Å². The van der Waals surface area contributed by atoms with Crippen LogP contribution in [-0.2, 0) is 20.8 Å². The van der Waals surface area contributed by atoms with Crippen molar-refractivity contribution < 1.29 is 14.2 Å². The van der Waals surface area contributed by atoms with Crippen molar-refractivity contribution in [3.8, 4) is 0 Å². The van der Waals surface area contributed by atoms with Gasteiger partial charge in [-0.1, -0.05) is 37.3 Å². The predicted molar refractivity (Wildman–Crippen MR) is 68.0 cm³/mol. The van der Waals surface area contributed by atoms with Crippen molar-refractivity contribution in [2.75, 3.05) is 6.61 Å². The summed E-state index contributed by atoms with van der Waals surface area (Å²) in [5.41, 5.74) is 1.21. The Morgan fingerprint density at radius 2 is 2.11 bits per heavy atom. The van der Waals surface area contributed by atoms with Gasteiger partial charge in [-0.3, -0.25) is 0 Å². The van der Waals surface area contributed by atoms with Crippen LogP contribution in [0.4, 0.5) is 0 Å². The Kier molecular flexibility index (Phi) is 3.64. The summed E-state index contributed by atoms with van der Waals surface area (Å²) < 4.78 is 17.5. The molecule has 2 heterocycles. The highest BCUT2D eigenvalue weighted by Crippen LogP contribution is 2.35. The molecule has 2 fully saturated rings. The van der Waals surface area contributed by atoms with Gasteiger partial charge in [-0.05, 0) is 18.4 Å². The number of hydrogen-bond acceptors (Lipinski definition) is 3. The predicted octanol–water partition coefficient (Wildman–Crippen LogP) is 2.74. The first-order chi connectivity index (χ1) is 8.86. The molecule has 1 aromatic carbocycles. The minimum Gasteiger partial charge on any atom is -0.371 e. The molecule has 0 aromatic heterocycles. The number of ether oxygens (including phenoxy) is 3. The van der Waals surface area contributed by atoms with E-state index >= 15 is 0 Å². The summed E-state index contributed by atoms with van der Waals surface area (Å²) in [5.74, 6) is 0.476. The Balaban J connectivity index is 1.59. The molecule has 0 unspecified atom stereocenters. The maximum atomic E-state index is 6.03. The van der Waals surface area contributed by atoms with Crippen LogP contribution in [0.3, 0.4) is 0 Å². The van der Waals surface area contributed by atoms with E-state index in [1.54, 1.807) is 0 Å². The summed E-state index contributed by atoms with van der Waals surface area (Å²) in [4.78, 5) is 0. The van der Waals surface area contributed by atoms with Crippen LogP contribution in [0.25, 0.3) is 0 Å². The molecule has 0 amide bonds. The molecule has 2 aliphatic heterocycles. The highest BCUT2D eigenvalue weighted by atomic mass is 16.7. The maximum absolute atomic E-state index is 6.03. The van der Waals surface area contributed by atoms with Crippen LogP contribution < -0.4 is 0 Å². The third-order valence-electron chi connectivity index (χ3n) is 3.90. The zero-order chi connectivity index (χ0) is 12.4. The van der Waals surface area contributed by atoms with E-state index in [9.17, 15) is 0 Å². The second-order valence-corrected chi connectivity index (χ2v) is 5.12. The Labute approximate surface area is 108 Å². The summed E-state index contributed by atoms with van der Waals surface area (Å²) in [6, 6.07) is 10.3. The molecule has 3 rings (SSSR count). The van der Waals surface area contributed by atoms with Gasteiger partial charge in [0.05, 0.1) is 19.3 Å². The lowest BCUT2D eigenvalue weighted by Crippen LogP contribution is -2.40. The van der Waals surface area contributed by atoms with E-state index < -0.39 is 0 Å². The van der Waals surface area contributed by atoms with E-state index in [1.165, 1.54) is 5.56 Å². The summed E-state index contributed by atoms with van der Waals surface area (Å²) in [7, 11) is 0. The molecule has 4 atom stereocenters. The van der Waals surface area contributed by atoms with Gasteiger partial charge >= 0.3 is 0 Å². The molecule has 2 bridgehead atoms. The minimum atomic E-state index is 0.0107. The molecule has 18 heavy (non-hydrogen) atoms. The molecule has 2 saturated heterocycles. The zero-order valence-electron chi connectivity index (χ0n) is 10.7. The van der Waals surface area contributed by atoms with Crippen LogP contribution in [0.1, 0.15) is 25.3 Å². The van der Waals surface area contributed by atoms with Gasteiger partial charge in [-0.25, -0.2) is 0 Å². The van der Waals surface area contributed by atoms with Crippen molar-refractivity contribution in [2.24, 2.45) is 5.92 Å². The highest BCUT2D eigenvalue weighted by Gasteiger charge is 2.43. The van der Waals surface area contributed by atoms with E-state index in [1.807, 2.05) is 18.2 Å². The van der Waals surface area contributed by atoms with Crippen molar-refractivity contribution in [3.63, 3.8) is 0 Å². The first-order valence-electron chi connectivity index (χ1n) is 6.79. The Morgan fingerprint density at radius 1 is 1.28 bits per heavy atom. The van der Waals surface area contributed by atoms with Crippen LogP contribution in [-0.4, -0.2) is 25.1 Å². The van der Waals surface area contributed by atoms with Gasteiger partial charge in [0.15, 0.2) is 6.29 Å². The lowest BCUT2D eigenvalue weighted by molar-refractivity contribution is -0.169. The van der Waals surface area contributed by atoms with Gasteiger partial charge in [0.2, 0.25) is 0 Å². The van der Waals surface area contributed by atoms with Crippen molar-refractivity contribution >= 4 is 0 Å². The zero-order valence-corrected chi connectivity index (χ0v) is 10.7. The summed E-state index contributed by atoms with van der Waals surface area (Å²) >= 11 is 0. The van der Waals surface area contributed by atoms with Gasteiger partial charge in [-0.15, -0.1) is 0 Å². The monoisotopic (exact) mass is 248 g/mol. The van der Waals surface area contributed by atoms with Crippen LogP contribution in [0, 0.1) is 5.92 Å². The van der Waals surface area contributed by atoms with Gasteiger partial charge in [0, 0.05) is 5.92 Å². The lowest BCUT2D eigenvalue weighted by Gasteiger charge is -2.33. The third-order valence-corrected chi connectivity index (χ3v) is 3.90. The van der Waals surface area contributed by atoms with E-state index in [0.29, 0.717) is 19.1 Å². The molecule has 0 spiro atoms. The molecule has 3 heteroatoms. The van der Waals surface area contributed by atoms with Gasteiger partial charge in [0.25, 0.3) is 0 Å². The standard InChI is InChI=1S/C15H20O3/c1-2-12-8-13(14-10-17-15(12)18-14)16-9-11-6-4-3-5-7-11/h3-7,12-15H,2,8-10H2,1H3/t12-,13+,14-,15-/m1/s1. The Morgan fingerprint density at radius 3 is 2.89 bits per heavy atom. The summed E-state index contributed by atoms with van der Waals surface area (Å²) in [6.07, 6.45) is 2.45. The van der Waals surface area contributed by atoms with Crippen molar-refractivity contribution in [1.82, 2.24) is 0 Å². The SMILES string of the molecule is CC[C@@H]1C[C@H](OCc2ccccc2)[C@H]2CO[C@@H]1O2. The van der Waals surface area contributed by atoms with E-state index in [0.717, 1.165) is 12.8 Å². The van der Waals surface area contributed by atoms with E-state index in [2.05, 4.69) is 19.1 Å². The fourth-order valence-electron chi connectivity index (χ4n) is 2.76. The number of fused-ring (bicyclic) bond motifs is 2. The molecule has 0 N–H and O–H groups in total. The van der Waals surface area contributed by atoms with Crippen molar-refractivity contribution in [3.05, 3.63) is 35.9 Å². The molecule has 2 aliphatic rings. The average Bonchev–Trinajstić information content (AvgIpc) is 2.84. The largest absolute Gasteiger partial charge is 0.371 e. The fraction of sp³-hybridized carbons (Fsp3) is 0.600. The Bertz CT molecular complexity index is 379. The van der Waals surface area contributed by atoms with Crippen LogP contribution in [0.2, 0.25) is 0 Å². The molecule has 3 nitrogen and oxygen atoms in total. The average molecular weight is 248 g/mol. The van der Waals surface area contributed by atoms with E-state index in [4.69, 9.17) is 14.2 Å². The number of benzene rings is 1. The smallest absolute Gasteiger partial charge is 0.161 e. The minimum absolute atomic E-state index is 0.0107. The number of rotatable bonds is 4. The summed E-state index contributed by atoms with van der Waals surface area (Å²) in [5, 5.41) is 0. The highest BCUT2D eigenvalue weighted by molar-refractivity contribution is 5.13. The van der Waals surface area contributed by atoms with Crippen LogP contribution in [0.15, 0.2) is 30.3 Å². The molecule has 1 aromatic rings. The molecular formula is C15H20O3. The molecule has 0 radical (unpaired) electrons. The van der Waals surface area contributed by atoms with Crippen molar-refractivity contribution in [2.45, 2.75) is 44.9 Å². The Hall–Kier alpha value is -0.900. The number of hydrogen-bond donors (Lipinski definition) is 0. The third kappa shape index (κ3) is 2.44. The second-order valence-electron chi connectivity index (χ2n) is 5.12. The van der Waals surface area contributed by atoms with Crippen LogP contribution in [0.5, 0.6) is 0 Å². The molecule has 0 aliphatic carbocycles. The van der Waals surface area contributed by atoms with Crippen LogP contribution >= 0.6 is 0 Å². The van der Waals surface area contributed by atoms with Gasteiger partial charge in [-0.2, -0.15) is 0 Å². The summed E-state index contributed by atoms with van der Waals surface area (Å²) in [6.45, 7) is 3.53. The molecular weight excluding hydrogens is 228 g/mol. The first kappa shape index (κ1) is 12.2. The van der Waals surface area contributed by atoms with E-state index in [-0.39, 0.29) is 18.5 Å². The molecule has 0 saturated carbocycles. The normalized spacial score (nSPS) is 34.7.